The molecule has 96 valence electrons. The van der Waals surface area contributed by atoms with Crippen LogP contribution >= 0.6 is 0 Å². The van der Waals surface area contributed by atoms with Gasteiger partial charge in [-0.05, 0) is 37.0 Å². The zero-order valence-corrected chi connectivity index (χ0v) is 11.2. The van der Waals surface area contributed by atoms with E-state index >= 15 is 0 Å². The first-order chi connectivity index (χ1) is 7.62. The number of aliphatic hydroxyl groups is 1. The highest BCUT2D eigenvalue weighted by molar-refractivity contribution is 4.85. The SMILES string of the molecule is CCCC1(COC(O)CC)CCC[C@@H](C)C1. The van der Waals surface area contributed by atoms with E-state index in [0.29, 0.717) is 11.8 Å². The Kier molecular flexibility index (Phi) is 5.77. The van der Waals surface area contributed by atoms with Gasteiger partial charge in [-0.3, -0.25) is 0 Å². The quantitative estimate of drug-likeness (QED) is 0.702. The van der Waals surface area contributed by atoms with E-state index in [4.69, 9.17) is 4.74 Å². The predicted molar refractivity (Wildman–Crippen MR) is 67.2 cm³/mol. The molecule has 0 aliphatic heterocycles. The summed E-state index contributed by atoms with van der Waals surface area (Å²) in [5, 5.41) is 9.51. The van der Waals surface area contributed by atoms with Crippen LogP contribution in [0.1, 0.15) is 65.7 Å². The standard InChI is InChI=1S/C14H28O2/c1-4-8-14(11-16-13(15)5-2)9-6-7-12(3)10-14/h12-13,15H,4-11H2,1-3H3/t12-,13?,14?/m1/s1. The second-order valence-corrected chi connectivity index (χ2v) is 5.63. The predicted octanol–water partition coefficient (Wildman–Crippen LogP) is 3.73. The Balaban J connectivity index is 2.50. The summed E-state index contributed by atoms with van der Waals surface area (Å²) in [4.78, 5) is 0. The normalized spacial score (nSPS) is 32.6. The summed E-state index contributed by atoms with van der Waals surface area (Å²) in [6.45, 7) is 7.30. The van der Waals surface area contributed by atoms with Crippen molar-refractivity contribution in [2.45, 2.75) is 72.0 Å². The first-order valence-corrected chi connectivity index (χ1v) is 6.91. The highest BCUT2D eigenvalue weighted by Crippen LogP contribution is 2.43. The van der Waals surface area contributed by atoms with Crippen LogP contribution in [0.2, 0.25) is 0 Å². The molecule has 0 aromatic carbocycles. The van der Waals surface area contributed by atoms with Gasteiger partial charge in [0, 0.05) is 0 Å². The van der Waals surface area contributed by atoms with Gasteiger partial charge in [-0.25, -0.2) is 0 Å². The molecule has 2 nitrogen and oxygen atoms in total. The van der Waals surface area contributed by atoms with Crippen LogP contribution in [0.15, 0.2) is 0 Å². The van der Waals surface area contributed by atoms with E-state index in [-0.39, 0.29) is 0 Å². The lowest BCUT2D eigenvalue weighted by Crippen LogP contribution is -2.34. The zero-order chi connectivity index (χ0) is 12.0. The Labute approximate surface area is 100 Å². The minimum absolute atomic E-state index is 0.350. The minimum Gasteiger partial charge on any atom is -0.368 e. The van der Waals surface area contributed by atoms with Crippen molar-refractivity contribution in [3.63, 3.8) is 0 Å². The van der Waals surface area contributed by atoms with Crippen molar-refractivity contribution in [3.8, 4) is 0 Å². The number of rotatable bonds is 6. The summed E-state index contributed by atoms with van der Waals surface area (Å²) in [6.07, 6.45) is 7.84. The van der Waals surface area contributed by atoms with Crippen molar-refractivity contribution in [2.24, 2.45) is 11.3 Å². The summed E-state index contributed by atoms with van der Waals surface area (Å²) in [5.74, 6) is 0.822. The Morgan fingerprint density at radius 2 is 2.19 bits per heavy atom. The molecule has 16 heavy (non-hydrogen) atoms. The lowest BCUT2D eigenvalue weighted by atomic mass is 9.68. The first kappa shape index (κ1) is 14.0. The molecule has 0 radical (unpaired) electrons. The van der Waals surface area contributed by atoms with Crippen LogP contribution in [0.4, 0.5) is 0 Å². The zero-order valence-electron chi connectivity index (χ0n) is 11.2. The topological polar surface area (TPSA) is 29.5 Å². The van der Waals surface area contributed by atoms with Gasteiger partial charge in [0.25, 0.3) is 0 Å². The summed E-state index contributed by atoms with van der Waals surface area (Å²) in [5.41, 5.74) is 0.350. The molecule has 1 aliphatic rings. The van der Waals surface area contributed by atoms with Crippen molar-refractivity contribution in [2.75, 3.05) is 6.61 Å². The van der Waals surface area contributed by atoms with Crippen LogP contribution < -0.4 is 0 Å². The summed E-state index contributed by atoms with van der Waals surface area (Å²) >= 11 is 0. The highest BCUT2D eigenvalue weighted by atomic mass is 16.6. The van der Waals surface area contributed by atoms with Crippen LogP contribution in [-0.4, -0.2) is 18.0 Å². The molecule has 0 amide bonds. The van der Waals surface area contributed by atoms with Gasteiger partial charge in [0.1, 0.15) is 0 Å². The molecule has 2 heteroatoms. The van der Waals surface area contributed by atoms with Crippen LogP contribution in [0.5, 0.6) is 0 Å². The van der Waals surface area contributed by atoms with Crippen molar-refractivity contribution < 1.29 is 9.84 Å². The Morgan fingerprint density at radius 3 is 2.75 bits per heavy atom. The monoisotopic (exact) mass is 228 g/mol. The second-order valence-electron chi connectivity index (χ2n) is 5.63. The van der Waals surface area contributed by atoms with E-state index < -0.39 is 6.29 Å². The van der Waals surface area contributed by atoms with Crippen LogP contribution in [0.25, 0.3) is 0 Å². The lowest BCUT2D eigenvalue weighted by molar-refractivity contribution is -0.136. The maximum atomic E-state index is 9.51. The van der Waals surface area contributed by atoms with Crippen molar-refractivity contribution in [3.05, 3.63) is 0 Å². The molecule has 1 fully saturated rings. The number of hydrogen-bond donors (Lipinski definition) is 1. The molecule has 0 saturated heterocycles. The second kappa shape index (κ2) is 6.61. The summed E-state index contributed by atoms with van der Waals surface area (Å²) in [6, 6.07) is 0. The average Bonchev–Trinajstić information content (AvgIpc) is 2.26. The molecular weight excluding hydrogens is 200 g/mol. The van der Waals surface area contributed by atoms with Gasteiger partial charge in [-0.15, -0.1) is 0 Å². The van der Waals surface area contributed by atoms with Crippen molar-refractivity contribution in [1.29, 1.82) is 0 Å². The maximum Gasteiger partial charge on any atom is 0.154 e. The minimum atomic E-state index is -0.564. The Morgan fingerprint density at radius 1 is 1.44 bits per heavy atom. The van der Waals surface area contributed by atoms with Crippen LogP contribution in [-0.2, 0) is 4.74 Å². The Hall–Kier alpha value is -0.0800. The molecule has 0 heterocycles. The molecule has 0 bridgehead atoms. The van der Waals surface area contributed by atoms with Gasteiger partial charge < -0.3 is 9.84 Å². The molecule has 1 aliphatic carbocycles. The maximum absolute atomic E-state index is 9.51. The van der Waals surface area contributed by atoms with E-state index in [0.717, 1.165) is 12.5 Å². The molecule has 2 unspecified atom stereocenters. The number of hydrogen-bond acceptors (Lipinski definition) is 2. The van der Waals surface area contributed by atoms with Gasteiger partial charge in [-0.1, -0.05) is 40.0 Å². The van der Waals surface area contributed by atoms with Gasteiger partial charge in [0.2, 0.25) is 0 Å². The third-order valence-electron chi connectivity index (χ3n) is 3.90. The van der Waals surface area contributed by atoms with Gasteiger partial charge in [0.15, 0.2) is 6.29 Å². The fraction of sp³-hybridized carbons (Fsp3) is 1.00. The average molecular weight is 228 g/mol. The fourth-order valence-corrected chi connectivity index (χ4v) is 3.12. The summed E-state index contributed by atoms with van der Waals surface area (Å²) < 4.78 is 5.59. The van der Waals surface area contributed by atoms with E-state index in [1.54, 1.807) is 0 Å². The van der Waals surface area contributed by atoms with E-state index in [1.807, 2.05) is 6.92 Å². The molecular formula is C14H28O2. The molecule has 1 N–H and O–H groups in total. The molecule has 0 aromatic heterocycles. The molecule has 1 saturated carbocycles. The van der Waals surface area contributed by atoms with Crippen LogP contribution in [0.3, 0.4) is 0 Å². The molecule has 0 aromatic rings. The van der Waals surface area contributed by atoms with E-state index in [1.165, 1.54) is 38.5 Å². The number of aliphatic hydroxyl groups excluding tert-OH is 1. The molecule has 3 atom stereocenters. The van der Waals surface area contributed by atoms with E-state index in [2.05, 4.69) is 13.8 Å². The summed E-state index contributed by atoms with van der Waals surface area (Å²) in [7, 11) is 0. The third kappa shape index (κ3) is 4.06. The van der Waals surface area contributed by atoms with Crippen LogP contribution in [0, 0.1) is 11.3 Å². The van der Waals surface area contributed by atoms with Crippen molar-refractivity contribution in [1.82, 2.24) is 0 Å². The fourth-order valence-electron chi connectivity index (χ4n) is 3.12. The smallest absolute Gasteiger partial charge is 0.154 e. The molecule has 1 rings (SSSR count). The number of ether oxygens (including phenoxy) is 1. The lowest BCUT2D eigenvalue weighted by Gasteiger charge is -2.40. The molecule has 0 spiro atoms. The van der Waals surface area contributed by atoms with Gasteiger partial charge in [-0.2, -0.15) is 0 Å². The van der Waals surface area contributed by atoms with Gasteiger partial charge in [0.05, 0.1) is 6.61 Å². The van der Waals surface area contributed by atoms with E-state index in [9.17, 15) is 5.11 Å². The Bertz CT molecular complexity index is 189. The highest BCUT2D eigenvalue weighted by Gasteiger charge is 2.34. The largest absolute Gasteiger partial charge is 0.368 e. The first-order valence-electron chi connectivity index (χ1n) is 6.91. The third-order valence-corrected chi connectivity index (χ3v) is 3.90. The van der Waals surface area contributed by atoms with Crippen molar-refractivity contribution >= 4 is 0 Å². The van der Waals surface area contributed by atoms with Gasteiger partial charge >= 0.3 is 0 Å².